The van der Waals surface area contributed by atoms with E-state index in [0.717, 1.165) is 0 Å². The van der Waals surface area contributed by atoms with Crippen LogP contribution in [0.5, 0.6) is 0 Å². The molecule has 1 heterocycles. The van der Waals surface area contributed by atoms with Crippen molar-refractivity contribution in [3.8, 4) is 6.07 Å². The van der Waals surface area contributed by atoms with E-state index < -0.39 is 32.2 Å². The molecule has 0 bridgehead atoms. The molecule has 0 unspecified atom stereocenters. The van der Waals surface area contributed by atoms with E-state index in [1.807, 2.05) is 0 Å². The van der Waals surface area contributed by atoms with Gasteiger partial charge in [-0.2, -0.15) is 18.4 Å². The average Bonchev–Trinajstić information content (AvgIpc) is 2.59. The highest BCUT2D eigenvalue weighted by Crippen LogP contribution is 2.35. The van der Waals surface area contributed by atoms with Crippen LogP contribution in [0.3, 0.4) is 0 Å². The second kappa shape index (κ2) is 7.58. The topological polar surface area (TPSA) is 74.1 Å². The standard InChI is InChI=1S/C17H13ClF3N3O2S/c1-24(2)10-16(11-3-5-13(18)6-4-11)27(25,26)15-7-12(17(19,20)21)9-23-14(15)8-22/h3-7,9-10H,1-2H3/b16-10+. The first-order valence-electron chi connectivity index (χ1n) is 7.33. The summed E-state index contributed by atoms with van der Waals surface area (Å²) < 4.78 is 65.3. The summed E-state index contributed by atoms with van der Waals surface area (Å²) in [6.45, 7) is 0. The number of nitrogens with zero attached hydrogens (tertiary/aromatic N) is 3. The van der Waals surface area contributed by atoms with Crippen molar-refractivity contribution in [2.24, 2.45) is 0 Å². The van der Waals surface area contributed by atoms with Crippen molar-refractivity contribution in [1.29, 1.82) is 5.26 Å². The van der Waals surface area contributed by atoms with Crippen LogP contribution in [0.25, 0.3) is 4.91 Å². The Bertz CT molecular complexity index is 1020. The number of sulfone groups is 1. The summed E-state index contributed by atoms with van der Waals surface area (Å²) in [5.41, 5.74) is -1.68. The minimum absolute atomic E-state index is 0.203. The summed E-state index contributed by atoms with van der Waals surface area (Å²) in [6.07, 6.45) is -3.15. The van der Waals surface area contributed by atoms with Crippen LogP contribution in [0.4, 0.5) is 13.2 Å². The van der Waals surface area contributed by atoms with Gasteiger partial charge in [0, 0.05) is 31.5 Å². The predicted octanol–water partition coefficient (Wildman–Crippen LogP) is 3.96. The van der Waals surface area contributed by atoms with Crippen LogP contribution in [-0.4, -0.2) is 32.4 Å². The van der Waals surface area contributed by atoms with E-state index >= 15 is 0 Å². The first-order valence-corrected chi connectivity index (χ1v) is 9.19. The Balaban J connectivity index is 2.77. The molecule has 0 spiro atoms. The maximum Gasteiger partial charge on any atom is 0.417 e. The summed E-state index contributed by atoms with van der Waals surface area (Å²) in [6, 6.07) is 7.68. The highest BCUT2D eigenvalue weighted by atomic mass is 35.5. The molecule has 1 aromatic heterocycles. The molecule has 2 aromatic rings. The van der Waals surface area contributed by atoms with E-state index in [-0.39, 0.29) is 10.5 Å². The summed E-state index contributed by atoms with van der Waals surface area (Å²) in [5.74, 6) is 0. The second-order valence-corrected chi connectivity index (χ2v) is 7.97. The number of hydrogen-bond donors (Lipinski definition) is 0. The van der Waals surface area contributed by atoms with Crippen LogP contribution in [0.2, 0.25) is 5.02 Å². The van der Waals surface area contributed by atoms with Crippen LogP contribution >= 0.6 is 11.6 Å². The van der Waals surface area contributed by atoms with Gasteiger partial charge in [0.1, 0.15) is 11.0 Å². The van der Waals surface area contributed by atoms with Gasteiger partial charge in [0.25, 0.3) is 0 Å². The van der Waals surface area contributed by atoms with Gasteiger partial charge in [-0.25, -0.2) is 13.4 Å². The van der Waals surface area contributed by atoms with Crippen molar-refractivity contribution in [2.45, 2.75) is 11.1 Å². The van der Waals surface area contributed by atoms with E-state index in [9.17, 15) is 21.6 Å². The molecule has 142 valence electrons. The molecule has 27 heavy (non-hydrogen) atoms. The number of nitriles is 1. The predicted molar refractivity (Wildman–Crippen MR) is 94.3 cm³/mol. The Morgan fingerprint density at radius 3 is 2.33 bits per heavy atom. The lowest BCUT2D eigenvalue weighted by atomic mass is 10.2. The van der Waals surface area contributed by atoms with Gasteiger partial charge >= 0.3 is 6.18 Å². The summed E-state index contributed by atoms with van der Waals surface area (Å²) in [7, 11) is -1.38. The fourth-order valence-corrected chi connectivity index (χ4v) is 3.95. The van der Waals surface area contributed by atoms with Crippen molar-refractivity contribution >= 4 is 26.3 Å². The zero-order valence-electron chi connectivity index (χ0n) is 14.1. The molecule has 0 saturated heterocycles. The Labute approximate surface area is 159 Å². The third-order valence-electron chi connectivity index (χ3n) is 3.37. The quantitative estimate of drug-likeness (QED) is 0.755. The number of pyridine rings is 1. The van der Waals surface area contributed by atoms with Crippen molar-refractivity contribution in [3.63, 3.8) is 0 Å². The number of rotatable bonds is 4. The van der Waals surface area contributed by atoms with Gasteiger partial charge in [-0.3, -0.25) is 0 Å². The van der Waals surface area contributed by atoms with Gasteiger partial charge in [-0.1, -0.05) is 23.7 Å². The molecule has 0 atom stereocenters. The molecular weight excluding hydrogens is 403 g/mol. The normalized spacial score (nSPS) is 12.6. The molecule has 0 aliphatic carbocycles. The smallest absolute Gasteiger partial charge is 0.382 e. The maximum absolute atomic E-state index is 13.1. The molecule has 2 rings (SSSR count). The lowest BCUT2D eigenvalue weighted by Gasteiger charge is -2.15. The number of alkyl halides is 3. The summed E-state index contributed by atoms with van der Waals surface area (Å²) in [4.78, 5) is 3.70. The molecule has 0 fully saturated rings. The van der Waals surface area contributed by atoms with E-state index in [2.05, 4.69) is 4.98 Å². The zero-order chi connectivity index (χ0) is 20.4. The van der Waals surface area contributed by atoms with E-state index in [1.165, 1.54) is 41.4 Å². The molecule has 0 radical (unpaired) electrons. The lowest BCUT2D eigenvalue weighted by Crippen LogP contribution is -2.14. The van der Waals surface area contributed by atoms with Gasteiger partial charge < -0.3 is 4.90 Å². The Kier molecular flexibility index (Phi) is 5.82. The minimum Gasteiger partial charge on any atom is -0.382 e. The fraction of sp³-hybridized carbons (Fsp3) is 0.176. The molecule has 10 heteroatoms. The van der Waals surface area contributed by atoms with Crippen molar-refractivity contribution in [3.05, 3.63) is 64.6 Å². The monoisotopic (exact) mass is 415 g/mol. The van der Waals surface area contributed by atoms with Crippen molar-refractivity contribution < 1.29 is 21.6 Å². The molecule has 0 amide bonds. The molecule has 0 N–H and O–H groups in total. The Morgan fingerprint density at radius 1 is 1.26 bits per heavy atom. The van der Waals surface area contributed by atoms with Gasteiger partial charge in [0.15, 0.2) is 5.69 Å². The summed E-state index contributed by atoms with van der Waals surface area (Å²) in [5, 5.41) is 9.50. The van der Waals surface area contributed by atoms with Crippen molar-refractivity contribution in [1.82, 2.24) is 9.88 Å². The van der Waals surface area contributed by atoms with Crippen molar-refractivity contribution in [2.75, 3.05) is 14.1 Å². The van der Waals surface area contributed by atoms with Gasteiger partial charge in [-0.15, -0.1) is 0 Å². The molecule has 0 aliphatic rings. The van der Waals surface area contributed by atoms with Crippen LogP contribution in [0, 0.1) is 11.3 Å². The maximum atomic E-state index is 13.1. The largest absolute Gasteiger partial charge is 0.417 e. The molecular formula is C17H13ClF3N3O2S. The first-order chi connectivity index (χ1) is 12.5. The molecule has 0 saturated carbocycles. The highest BCUT2D eigenvalue weighted by molar-refractivity contribution is 8.00. The van der Waals surface area contributed by atoms with Gasteiger partial charge in [0.05, 0.1) is 10.5 Å². The third kappa shape index (κ3) is 4.59. The first kappa shape index (κ1) is 20.7. The van der Waals surface area contributed by atoms with Crippen LogP contribution in [-0.2, 0) is 16.0 Å². The van der Waals surface area contributed by atoms with Crippen LogP contribution in [0.1, 0.15) is 16.8 Å². The number of benzene rings is 1. The Hall–Kier alpha value is -2.57. The molecule has 1 aromatic carbocycles. The number of aromatic nitrogens is 1. The average molecular weight is 416 g/mol. The van der Waals surface area contributed by atoms with Gasteiger partial charge in [0.2, 0.25) is 9.84 Å². The Morgan fingerprint density at radius 2 is 1.85 bits per heavy atom. The SMILES string of the molecule is CN(C)/C=C(\c1ccc(Cl)cc1)S(=O)(=O)c1cc(C(F)(F)F)cnc1C#N. The zero-order valence-corrected chi connectivity index (χ0v) is 15.7. The highest BCUT2D eigenvalue weighted by Gasteiger charge is 2.35. The molecule has 0 aliphatic heterocycles. The third-order valence-corrected chi connectivity index (χ3v) is 5.43. The molecule has 5 nitrogen and oxygen atoms in total. The number of halogens is 4. The van der Waals surface area contributed by atoms with E-state index in [4.69, 9.17) is 16.9 Å². The fourth-order valence-electron chi connectivity index (χ4n) is 2.15. The minimum atomic E-state index is -4.81. The summed E-state index contributed by atoms with van der Waals surface area (Å²) >= 11 is 5.81. The van der Waals surface area contributed by atoms with Gasteiger partial charge in [-0.05, 0) is 23.8 Å². The van der Waals surface area contributed by atoms with Crippen LogP contribution < -0.4 is 0 Å². The second-order valence-electron chi connectivity index (χ2n) is 5.65. The van der Waals surface area contributed by atoms with E-state index in [1.54, 1.807) is 14.1 Å². The van der Waals surface area contributed by atoms with Crippen LogP contribution in [0.15, 0.2) is 47.6 Å². The van der Waals surface area contributed by atoms with E-state index in [0.29, 0.717) is 17.3 Å². The lowest BCUT2D eigenvalue weighted by molar-refractivity contribution is -0.138. The number of hydrogen-bond acceptors (Lipinski definition) is 5.